The molecule has 3 unspecified atom stereocenters. The number of nitrogens with zero attached hydrogens (tertiary/aromatic N) is 2. The molecule has 0 radical (unpaired) electrons. The van der Waals surface area contributed by atoms with Crippen LogP contribution >= 0.6 is 12.4 Å². The van der Waals surface area contributed by atoms with E-state index in [1.54, 1.807) is 12.1 Å². The first kappa shape index (κ1) is 22.4. The average molecular weight is 411 g/mol. The first-order valence-electron chi connectivity index (χ1n) is 9.79. The molecule has 1 aromatic carbocycles. The lowest BCUT2D eigenvalue weighted by atomic mass is 9.91. The molecule has 1 amide bonds. The molecule has 2 fully saturated rings. The first-order chi connectivity index (χ1) is 12.7. The minimum absolute atomic E-state index is 0. The van der Waals surface area contributed by atoms with E-state index in [1.807, 2.05) is 6.92 Å². The van der Waals surface area contributed by atoms with E-state index in [1.165, 1.54) is 6.07 Å². The van der Waals surface area contributed by atoms with Crippen LogP contribution in [0, 0.1) is 27.9 Å². The number of carbonyl (C=O) groups is 1. The molecule has 8 heteroatoms. The van der Waals surface area contributed by atoms with E-state index in [0.29, 0.717) is 35.5 Å². The SMILES string of the molecule is CC1CC(C)CN(c2ccc(C(=O)NC(C)(CN)C3CC3)cc2[N+](=O)[O-])C1.Cl. The number of rotatable bonds is 6. The minimum Gasteiger partial charge on any atom is -0.365 e. The number of hydrogen-bond donors (Lipinski definition) is 2. The Kier molecular flexibility index (Phi) is 6.93. The van der Waals surface area contributed by atoms with Gasteiger partial charge < -0.3 is 16.0 Å². The lowest BCUT2D eigenvalue weighted by Crippen LogP contribution is -2.53. The number of piperidine rings is 1. The lowest BCUT2D eigenvalue weighted by Gasteiger charge is -2.36. The molecule has 156 valence electrons. The van der Waals surface area contributed by atoms with E-state index in [9.17, 15) is 14.9 Å². The summed E-state index contributed by atoms with van der Waals surface area (Å²) < 4.78 is 0. The van der Waals surface area contributed by atoms with Crippen LogP contribution in [0.15, 0.2) is 18.2 Å². The topological polar surface area (TPSA) is 102 Å². The fourth-order valence-corrected chi connectivity index (χ4v) is 4.31. The van der Waals surface area contributed by atoms with Crippen LogP contribution in [-0.2, 0) is 0 Å². The molecule has 28 heavy (non-hydrogen) atoms. The van der Waals surface area contributed by atoms with Gasteiger partial charge in [-0.05, 0) is 56.1 Å². The predicted octanol–water partition coefficient (Wildman–Crippen LogP) is 3.36. The maximum atomic E-state index is 12.7. The van der Waals surface area contributed by atoms with Crippen molar-refractivity contribution in [3.05, 3.63) is 33.9 Å². The fourth-order valence-electron chi connectivity index (χ4n) is 4.31. The zero-order valence-corrected chi connectivity index (χ0v) is 17.6. The van der Waals surface area contributed by atoms with Crippen molar-refractivity contribution in [2.45, 2.75) is 45.6 Å². The number of halogens is 1. The highest BCUT2D eigenvalue weighted by molar-refractivity contribution is 5.96. The van der Waals surface area contributed by atoms with Gasteiger partial charge in [0.2, 0.25) is 0 Å². The van der Waals surface area contributed by atoms with Crippen molar-refractivity contribution >= 4 is 29.7 Å². The van der Waals surface area contributed by atoms with Gasteiger partial charge >= 0.3 is 0 Å². The highest BCUT2D eigenvalue weighted by Gasteiger charge is 2.41. The highest BCUT2D eigenvalue weighted by Crippen LogP contribution is 2.39. The van der Waals surface area contributed by atoms with Gasteiger partial charge in [0.1, 0.15) is 5.69 Å². The molecule has 1 aliphatic carbocycles. The highest BCUT2D eigenvalue weighted by atomic mass is 35.5. The summed E-state index contributed by atoms with van der Waals surface area (Å²) in [5.41, 5.74) is 6.31. The number of anilines is 1. The second-order valence-corrected chi connectivity index (χ2v) is 8.66. The molecular formula is C20H31ClN4O3. The molecule has 7 nitrogen and oxygen atoms in total. The molecule has 3 rings (SSSR count). The number of benzene rings is 1. The van der Waals surface area contributed by atoms with Crippen LogP contribution in [0.4, 0.5) is 11.4 Å². The van der Waals surface area contributed by atoms with Gasteiger partial charge in [-0.3, -0.25) is 14.9 Å². The van der Waals surface area contributed by atoms with Crippen LogP contribution in [-0.4, -0.2) is 36.0 Å². The van der Waals surface area contributed by atoms with Crippen molar-refractivity contribution in [3.8, 4) is 0 Å². The maximum absolute atomic E-state index is 12.7. The van der Waals surface area contributed by atoms with E-state index in [-0.39, 0.29) is 28.9 Å². The summed E-state index contributed by atoms with van der Waals surface area (Å²) >= 11 is 0. The normalized spacial score (nSPS) is 24.1. The Morgan fingerprint density at radius 2 is 1.93 bits per heavy atom. The molecule has 3 N–H and O–H groups in total. The van der Waals surface area contributed by atoms with Crippen molar-refractivity contribution in [2.24, 2.45) is 23.5 Å². The molecule has 1 saturated heterocycles. The maximum Gasteiger partial charge on any atom is 0.293 e. The summed E-state index contributed by atoms with van der Waals surface area (Å²) in [5.74, 6) is 1.06. The third-order valence-electron chi connectivity index (χ3n) is 5.95. The van der Waals surface area contributed by atoms with Crippen LogP contribution in [0.3, 0.4) is 0 Å². The molecule has 1 saturated carbocycles. The van der Waals surface area contributed by atoms with Crippen LogP contribution < -0.4 is 16.0 Å². The third kappa shape index (κ3) is 4.75. The van der Waals surface area contributed by atoms with Crippen LogP contribution in [0.2, 0.25) is 0 Å². The fraction of sp³-hybridized carbons (Fsp3) is 0.650. The monoisotopic (exact) mass is 410 g/mol. The Morgan fingerprint density at radius 3 is 2.43 bits per heavy atom. The molecule has 1 heterocycles. The Morgan fingerprint density at radius 1 is 1.32 bits per heavy atom. The van der Waals surface area contributed by atoms with Gasteiger partial charge in [-0.2, -0.15) is 0 Å². The van der Waals surface area contributed by atoms with E-state index in [0.717, 1.165) is 32.4 Å². The second kappa shape index (κ2) is 8.66. The third-order valence-corrected chi connectivity index (χ3v) is 5.95. The second-order valence-electron chi connectivity index (χ2n) is 8.66. The van der Waals surface area contributed by atoms with Gasteiger partial charge in [0.25, 0.3) is 11.6 Å². The summed E-state index contributed by atoms with van der Waals surface area (Å²) in [4.78, 5) is 26.1. The molecule has 2 aliphatic rings. The molecule has 0 spiro atoms. The Hall–Kier alpha value is -1.86. The number of amides is 1. The standard InChI is InChI=1S/C20H30N4O3.ClH/c1-13-8-14(2)11-23(10-13)17-7-4-15(9-18(17)24(26)27)19(25)22-20(3,12-21)16-5-6-16;/h4,7,9,13-14,16H,5-6,8,10-12,21H2,1-3H3,(H,22,25);1H. The Labute approximate surface area is 172 Å². The Bertz CT molecular complexity index is 730. The number of nitro benzene ring substituents is 1. The first-order valence-corrected chi connectivity index (χ1v) is 9.79. The number of carbonyl (C=O) groups excluding carboxylic acids is 1. The predicted molar refractivity (Wildman–Crippen MR) is 113 cm³/mol. The van der Waals surface area contributed by atoms with Gasteiger partial charge in [-0.1, -0.05) is 13.8 Å². The molecule has 1 aliphatic heterocycles. The average Bonchev–Trinajstić information content (AvgIpc) is 3.45. The van der Waals surface area contributed by atoms with Gasteiger partial charge in [-0.15, -0.1) is 12.4 Å². The molecule has 0 bridgehead atoms. The van der Waals surface area contributed by atoms with E-state index >= 15 is 0 Å². The number of hydrogen-bond acceptors (Lipinski definition) is 5. The van der Waals surface area contributed by atoms with Gasteiger partial charge in [0, 0.05) is 31.3 Å². The summed E-state index contributed by atoms with van der Waals surface area (Å²) in [7, 11) is 0. The largest absolute Gasteiger partial charge is 0.365 e. The van der Waals surface area contributed by atoms with Crippen LogP contribution in [0.1, 0.15) is 50.4 Å². The summed E-state index contributed by atoms with van der Waals surface area (Å²) in [5, 5.41) is 14.7. The van der Waals surface area contributed by atoms with Crippen molar-refractivity contribution in [3.63, 3.8) is 0 Å². The summed E-state index contributed by atoms with van der Waals surface area (Å²) in [6, 6.07) is 4.80. The van der Waals surface area contributed by atoms with E-state index in [4.69, 9.17) is 5.73 Å². The van der Waals surface area contributed by atoms with E-state index in [2.05, 4.69) is 24.1 Å². The van der Waals surface area contributed by atoms with Crippen molar-refractivity contribution in [1.29, 1.82) is 0 Å². The zero-order valence-electron chi connectivity index (χ0n) is 16.8. The van der Waals surface area contributed by atoms with Crippen molar-refractivity contribution < 1.29 is 9.72 Å². The molecule has 3 atom stereocenters. The quantitative estimate of drug-likeness (QED) is 0.553. The van der Waals surface area contributed by atoms with Crippen molar-refractivity contribution in [2.75, 3.05) is 24.5 Å². The molecular weight excluding hydrogens is 380 g/mol. The number of nitro groups is 1. The number of nitrogens with one attached hydrogen (secondary N) is 1. The summed E-state index contributed by atoms with van der Waals surface area (Å²) in [6.45, 7) is 8.23. The van der Waals surface area contributed by atoms with Crippen LogP contribution in [0.5, 0.6) is 0 Å². The van der Waals surface area contributed by atoms with Gasteiger partial charge in [0.05, 0.1) is 10.5 Å². The lowest BCUT2D eigenvalue weighted by molar-refractivity contribution is -0.384. The Balaban J connectivity index is 0.00000280. The van der Waals surface area contributed by atoms with Crippen molar-refractivity contribution in [1.82, 2.24) is 5.32 Å². The molecule has 0 aromatic heterocycles. The number of nitrogens with two attached hydrogens (primary N) is 1. The van der Waals surface area contributed by atoms with E-state index < -0.39 is 5.54 Å². The molecule has 1 aromatic rings. The minimum atomic E-state index is -0.456. The van der Waals surface area contributed by atoms with Gasteiger partial charge in [-0.25, -0.2) is 0 Å². The zero-order chi connectivity index (χ0) is 19.8. The van der Waals surface area contributed by atoms with Crippen LogP contribution in [0.25, 0.3) is 0 Å². The summed E-state index contributed by atoms with van der Waals surface area (Å²) in [6.07, 6.45) is 3.24. The smallest absolute Gasteiger partial charge is 0.293 e. The van der Waals surface area contributed by atoms with Gasteiger partial charge in [0.15, 0.2) is 0 Å².